The summed E-state index contributed by atoms with van der Waals surface area (Å²) in [5, 5.41) is 38.4. The fourth-order valence-corrected chi connectivity index (χ4v) is 3.41. The van der Waals surface area contributed by atoms with Crippen LogP contribution < -0.4 is 4.74 Å². The minimum Gasteiger partial charge on any atom is -0.508 e. The van der Waals surface area contributed by atoms with Gasteiger partial charge in [-0.1, -0.05) is 0 Å². The van der Waals surface area contributed by atoms with E-state index in [-0.39, 0.29) is 0 Å². The molecule has 11 heteroatoms. The Bertz CT molecular complexity index is 1070. The van der Waals surface area contributed by atoms with Crippen LogP contribution in [0.5, 0.6) is 28.7 Å². The third-order valence-electron chi connectivity index (χ3n) is 3.68. The number of phenols is 4. The van der Waals surface area contributed by atoms with Crippen LogP contribution in [0.15, 0.2) is 29.2 Å². The molecule has 0 saturated carbocycles. The Labute approximate surface area is 145 Å². The van der Waals surface area contributed by atoms with E-state index in [2.05, 4.69) is 0 Å². The molecule has 0 aliphatic carbocycles. The summed E-state index contributed by atoms with van der Waals surface area (Å²) in [4.78, 5) is 23.4. The lowest BCUT2D eigenvalue weighted by Crippen LogP contribution is -2.32. The van der Waals surface area contributed by atoms with Crippen LogP contribution in [-0.4, -0.2) is 45.0 Å². The molecule has 1 atom stereocenters. The number of ether oxygens (including phenoxy) is 1. The molecule has 136 valence electrons. The maximum Gasteiger partial charge on any atom is 0.298 e. The molecule has 0 spiro atoms. The Balaban J connectivity index is 2.25. The smallest absolute Gasteiger partial charge is 0.298 e. The number of hydrogen-bond donors (Lipinski definition) is 5. The van der Waals surface area contributed by atoms with Crippen molar-refractivity contribution in [2.24, 2.45) is 0 Å². The Morgan fingerprint density at radius 3 is 2.23 bits per heavy atom. The fourth-order valence-electron chi connectivity index (χ4n) is 2.59. The topological polar surface area (TPSA) is 179 Å². The second kappa shape index (κ2) is 5.61. The number of hydrogen-bond acceptors (Lipinski definition) is 9. The van der Waals surface area contributed by atoms with E-state index in [1.165, 1.54) is 0 Å². The van der Waals surface area contributed by atoms with E-state index in [0.717, 1.165) is 24.3 Å². The SMILES string of the molecule is O=C1C(=O)C(c2ccc(O)c(O)c2S(=O)(=O)O)Oc2cc(O)cc(O)c21. The van der Waals surface area contributed by atoms with Crippen molar-refractivity contribution in [2.75, 3.05) is 0 Å². The molecule has 0 fully saturated rings. The third-order valence-corrected chi connectivity index (χ3v) is 4.63. The van der Waals surface area contributed by atoms with E-state index < -0.39 is 72.6 Å². The maximum atomic E-state index is 12.3. The molecule has 5 N–H and O–H groups in total. The first-order valence-electron chi connectivity index (χ1n) is 6.86. The molecule has 2 aromatic rings. The van der Waals surface area contributed by atoms with Crippen molar-refractivity contribution in [3.63, 3.8) is 0 Å². The first-order valence-corrected chi connectivity index (χ1v) is 8.30. The van der Waals surface area contributed by atoms with Gasteiger partial charge in [0.25, 0.3) is 10.1 Å². The molecule has 0 radical (unpaired) electrons. The zero-order chi connectivity index (χ0) is 19.4. The number of Topliss-reactive ketones (excluding diaryl/α,β-unsaturated/α-hetero) is 2. The van der Waals surface area contributed by atoms with Crippen LogP contribution in [0.2, 0.25) is 0 Å². The summed E-state index contributed by atoms with van der Waals surface area (Å²) in [6.07, 6.45) is -1.92. The van der Waals surface area contributed by atoms with Crippen molar-refractivity contribution in [3.05, 3.63) is 35.4 Å². The highest BCUT2D eigenvalue weighted by molar-refractivity contribution is 7.86. The number of rotatable bonds is 2. The zero-order valence-electron chi connectivity index (χ0n) is 12.6. The summed E-state index contributed by atoms with van der Waals surface area (Å²) in [6.45, 7) is 0. The minimum atomic E-state index is -5.12. The van der Waals surface area contributed by atoms with Gasteiger partial charge in [0.2, 0.25) is 11.6 Å². The molecular weight excluding hydrogens is 372 g/mol. The summed E-state index contributed by atoms with van der Waals surface area (Å²) in [5.74, 6) is -6.29. The highest BCUT2D eigenvalue weighted by Gasteiger charge is 2.42. The van der Waals surface area contributed by atoms with Crippen LogP contribution in [0.1, 0.15) is 22.0 Å². The van der Waals surface area contributed by atoms with Gasteiger partial charge in [-0.05, 0) is 12.1 Å². The van der Waals surface area contributed by atoms with Gasteiger partial charge < -0.3 is 25.2 Å². The van der Waals surface area contributed by atoms with Crippen molar-refractivity contribution in [1.82, 2.24) is 0 Å². The largest absolute Gasteiger partial charge is 0.508 e. The number of carbonyl (C=O) groups is 2. The number of carbonyl (C=O) groups excluding carboxylic acids is 2. The quantitative estimate of drug-likeness (QED) is 0.281. The van der Waals surface area contributed by atoms with Gasteiger partial charge in [-0.2, -0.15) is 8.42 Å². The molecule has 0 amide bonds. The lowest BCUT2D eigenvalue weighted by Gasteiger charge is -2.26. The van der Waals surface area contributed by atoms with Gasteiger partial charge in [-0.15, -0.1) is 0 Å². The van der Waals surface area contributed by atoms with E-state index in [1.807, 2.05) is 0 Å². The predicted octanol–water partition coefficient (Wildman–Crippen LogP) is 0.641. The van der Waals surface area contributed by atoms with E-state index in [0.29, 0.717) is 0 Å². The highest BCUT2D eigenvalue weighted by atomic mass is 32.2. The highest BCUT2D eigenvalue weighted by Crippen LogP contribution is 2.44. The molecule has 1 heterocycles. The standard InChI is InChI=1S/C15H10O10S/c16-5-3-8(18)10-9(4-5)25-14(13(21)12(10)20)6-1-2-7(17)11(19)15(6)26(22,23)24/h1-4,14,16-19H,(H,22,23,24). The van der Waals surface area contributed by atoms with E-state index >= 15 is 0 Å². The molecule has 26 heavy (non-hydrogen) atoms. The molecule has 1 aliphatic rings. The van der Waals surface area contributed by atoms with E-state index in [9.17, 15) is 43.0 Å². The number of phenolic OH excluding ortho intramolecular Hbond substituents is 4. The van der Waals surface area contributed by atoms with Gasteiger partial charge >= 0.3 is 0 Å². The maximum absolute atomic E-state index is 12.3. The minimum absolute atomic E-state index is 0.411. The molecule has 0 aromatic heterocycles. The van der Waals surface area contributed by atoms with Crippen LogP contribution in [0.25, 0.3) is 0 Å². The zero-order valence-corrected chi connectivity index (χ0v) is 13.4. The van der Waals surface area contributed by atoms with E-state index in [4.69, 9.17) is 4.74 Å². The van der Waals surface area contributed by atoms with Gasteiger partial charge in [0.15, 0.2) is 17.6 Å². The summed E-state index contributed by atoms with van der Waals surface area (Å²) < 4.78 is 37.7. The molecule has 0 saturated heterocycles. The molecule has 2 aromatic carbocycles. The average Bonchev–Trinajstić information content (AvgIpc) is 2.51. The first-order chi connectivity index (χ1) is 12.0. The summed E-state index contributed by atoms with van der Waals surface area (Å²) in [7, 11) is -5.12. The van der Waals surface area contributed by atoms with Crippen LogP contribution >= 0.6 is 0 Å². The second-order valence-corrected chi connectivity index (χ2v) is 6.71. The average molecular weight is 382 g/mol. The Kier molecular flexibility index (Phi) is 3.78. The molecule has 0 bridgehead atoms. The number of aromatic hydroxyl groups is 4. The normalized spacial score (nSPS) is 16.9. The van der Waals surface area contributed by atoms with Gasteiger partial charge in [-0.3, -0.25) is 14.1 Å². The Hall–Kier alpha value is -3.31. The Morgan fingerprint density at radius 2 is 1.62 bits per heavy atom. The number of fused-ring (bicyclic) bond motifs is 1. The summed E-state index contributed by atoms with van der Waals surface area (Å²) >= 11 is 0. The predicted molar refractivity (Wildman–Crippen MR) is 82.1 cm³/mol. The van der Waals surface area contributed by atoms with Gasteiger partial charge in [0.05, 0.1) is 0 Å². The van der Waals surface area contributed by atoms with Crippen molar-refractivity contribution < 1.29 is 47.7 Å². The fraction of sp³-hybridized carbons (Fsp3) is 0.0667. The Morgan fingerprint density at radius 1 is 0.962 bits per heavy atom. The number of ketones is 2. The van der Waals surface area contributed by atoms with Crippen molar-refractivity contribution in [3.8, 4) is 28.7 Å². The number of benzene rings is 2. The molecule has 1 unspecified atom stereocenters. The van der Waals surface area contributed by atoms with Crippen molar-refractivity contribution in [2.45, 2.75) is 11.0 Å². The first kappa shape index (κ1) is 17.5. The lowest BCUT2D eigenvalue weighted by molar-refractivity contribution is -0.122. The van der Waals surface area contributed by atoms with Crippen molar-refractivity contribution in [1.29, 1.82) is 0 Å². The summed E-state index contributed by atoms with van der Waals surface area (Å²) in [5.41, 5.74) is -1.14. The molecule has 10 nitrogen and oxygen atoms in total. The summed E-state index contributed by atoms with van der Waals surface area (Å²) in [6, 6.07) is 3.42. The molecular formula is C15H10O10S. The van der Waals surface area contributed by atoms with Gasteiger partial charge in [0, 0.05) is 17.7 Å². The molecule has 3 rings (SSSR count). The van der Waals surface area contributed by atoms with Crippen LogP contribution in [0.4, 0.5) is 0 Å². The van der Waals surface area contributed by atoms with Crippen LogP contribution in [0.3, 0.4) is 0 Å². The second-order valence-electron chi connectivity index (χ2n) is 5.36. The lowest BCUT2D eigenvalue weighted by atomic mass is 9.94. The third kappa shape index (κ3) is 2.59. The van der Waals surface area contributed by atoms with Gasteiger partial charge in [-0.25, -0.2) is 0 Å². The van der Waals surface area contributed by atoms with Crippen LogP contribution in [0, 0.1) is 0 Å². The molecule has 1 aliphatic heterocycles. The van der Waals surface area contributed by atoms with Gasteiger partial charge in [0.1, 0.15) is 27.7 Å². The van der Waals surface area contributed by atoms with Crippen LogP contribution in [-0.2, 0) is 14.9 Å². The van der Waals surface area contributed by atoms with E-state index in [1.54, 1.807) is 0 Å². The monoisotopic (exact) mass is 382 g/mol. The van der Waals surface area contributed by atoms with Crippen molar-refractivity contribution >= 4 is 21.7 Å².